The van der Waals surface area contributed by atoms with Gasteiger partial charge in [0.1, 0.15) is 0 Å². The molecule has 0 unspecified atom stereocenters. The Morgan fingerprint density at radius 3 is 3.14 bits per heavy atom. The van der Waals surface area contributed by atoms with Crippen LogP contribution in [0.5, 0.6) is 0 Å². The molecule has 4 rings (SSSR count). The molecule has 0 bridgehead atoms. The van der Waals surface area contributed by atoms with Gasteiger partial charge >= 0.3 is 0 Å². The first kappa shape index (κ1) is 14.6. The van der Waals surface area contributed by atoms with Crippen molar-refractivity contribution in [2.24, 2.45) is 4.99 Å². The van der Waals surface area contributed by atoms with E-state index in [0.717, 1.165) is 18.3 Å². The van der Waals surface area contributed by atoms with Crippen molar-refractivity contribution < 1.29 is 5.11 Å². The van der Waals surface area contributed by atoms with E-state index in [-0.39, 0.29) is 6.61 Å². The summed E-state index contributed by atoms with van der Waals surface area (Å²) in [6.45, 7) is 2.00. The molecule has 0 aliphatic carbocycles. The number of rotatable bonds is 4. The van der Waals surface area contributed by atoms with Gasteiger partial charge in [-0.1, -0.05) is 11.8 Å². The lowest BCUT2D eigenvalue weighted by atomic mass is 10.1. The van der Waals surface area contributed by atoms with Gasteiger partial charge in [-0.05, 0) is 35.2 Å². The standard InChI is InChI=1S/C16H16N2OS3/c1-20-13-9-11(8-10-3-7-21-15(10)13)14-12(2-6-19)22-16-17-4-5-18(14)16/h3,7-9,19H,2,4-6H2,1H3. The molecule has 6 heteroatoms. The summed E-state index contributed by atoms with van der Waals surface area (Å²) in [4.78, 5) is 9.46. The zero-order chi connectivity index (χ0) is 15.1. The average Bonchev–Trinajstić information content (AvgIpc) is 3.20. The van der Waals surface area contributed by atoms with Crippen LogP contribution in [0, 0.1) is 0 Å². The number of nitrogens with zero attached hydrogens (tertiary/aromatic N) is 2. The maximum absolute atomic E-state index is 9.39. The number of thioether (sulfide) groups is 2. The summed E-state index contributed by atoms with van der Waals surface area (Å²) in [7, 11) is 0. The second-order valence-electron chi connectivity index (χ2n) is 5.18. The molecule has 114 valence electrons. The van der Waals surface area contributed by atoms with Gasteiger partial charge in [0.25, 0.3) is 0 Å². The minimum absolute atomic E-state index is 0.184. The molecule has 2 aliphatic heterocycles. The van der Waals surface area contributed by atoms with E-state index < -0.39 is 0 Å². The smallest absolute Gasteiger partial charge is 0.168 e. The molecule has 0 spiro atoms. The predicted molar refractivity (Wildman–Crippen MR) is 98.8 cm³/mol. The molecule has 2 aliphatic rings. The van der Waals surface area contributed by atoms with Crippen molar-refractivity contribution in [3.8, 4) is 0 Å². The third-order valence-corrected chi connectivity index (χ3v) is 6.93. The van der Waals surface area contributed by atoms with Crippen LogP contribution in [0.15, 0.2) is 38.4 Å². The Kier molecular flexibility index (Phi) is 3.94. The van der Waals surface area contributed by atoms with Gasteiger partial charge in [-0.25, -0.2) is 0 Å². The number of aliphatic imine (C=N–C) groups is 1. The van der Waals surface area contributed by atoms with E-state index in [1.165, 1.54) is 31.1 Å². The van der Waals surface area contributed by atoms with Crippen molar-refractivity contribution in [1.82, 2.24) is 4.90 Å². The highest BCUT2D eigenvalue weighted by atomic mass is 32.2. The van der Waals surface area contributed by atoms with Crippen LogP contribution in [-0.2, 0) is 0 Å². The average molecular weight is 349 g/mol. The maximum Gasteiger partial charge on any atom is 0.168 e. The largest absolute Gasteiger partial charge is 0.396 e. The molecule has 22 heavy (non-hydrogen) atoms. The first-order valence-electron chi connectivity index (χ1n) is 7.21. The number of aliphatic hydroxyl groups is 1. The highest BCUT2D eigenvalue weighted by Gasteiger charge is 2.32. The van der Waals surface area contributed by atoms with E-state index in [1.807, 2.05) is 0 Å². The Morgan fingerprint density at radius 1 is 1.41 bits per heavy atom. The van der Waals surface area contributed by atoms with Gasteiger partial charge in [-0.2, -0.15) is 0 Å². The van der Waals surface area contributed by atoms with Crippen molar-refractivity contribution in [3.63, 3.8) is 0 Å². The van der Waals surface area contributed by atoms with Gasteiger partial charge in [0.05, 0.1) is 12.2 Å². The summed E-state index contributed by atoms with van der Waals surface area (Å²) in [6.07, 6.45) is 2.83. The number of aliphatic hydroxyl groups excluding tert-OH is 1. The molecule has 0 fully saturated rings. The molecule has 0 amide bonds. The molecule has 3 heterocycles. The zero-order valence-corrected chi connectivity index (χ0v) is 14.7. The normalized spacial score (nSPS) is 17.5. The van der Waals surface area contributed by atoms with Crippen LogP contribution < -0.4 is 0 Å². The van der Waals surface area contributed by atoms with Gasteiger partial charge in [-0.3, -0.25) is 4.99 Å². The SMILES string of the molecule is CSc1cc(C2=C(CCO)SC3=NCCN32)cc2ccsc12. The van der Waals surface area contributed by atoms with Crippen molar-refractivity contribution in [2.75, 3.05) is 26.0 Å². The molecule has 0 radical (unpaired) electrons. The molecule has 2 aromatic rings. The summed E-state index contributed by atoms with van der Waals surface area (Å²) in [5.41, 5.74) is 2.50. The quantitative estimate of drug-likeness (QED) is 0.844. The van der Waals surface area contributed by atoms with Crippen molar-refractivity contribution in [2.45, 2.75) is 11.3 Å². The summed E-state index contributed by atoms with van der Waals surface area (Å²) >= 11 is 5.32. The van der Waals surface area contributed by atoms with E-state index in [2.05, 4.69) is 39.7 Å². The van der Waals surface area contributed by atoms with E-state index in [9.17, 15) is 5.11 Å². The zero-order valence-electron chi connectivity index (χ0n) is 12.2. The Labute approximate surface area is 142 Å². The molecular weight excluding hydrogens is 332 g/mol. The first-order valence-corrected chi connectivity index (χ1v) is 10.1. The molecule has 1 N–H and O–H groups in total. The monoisotopic (exact) mass is 348 g/mol. The summed E-state index contributed by atoms with van der Waals surface area (Å²) in [5, 5.41) is 13.9. The summed E-state index contributed by atoms with van der Waals surface area (Å²) < 4.78 is 1.36. The third-order valence-electron chi connectivity index (χ3n) is 3.90. The van der Waals surface area contributed by atoms with Gasteiger partial charge in [0, 0.05) is 39.6 Å². The van der Waals surface area contributed by atoms with Crippen molar-refractivity contribution in [1.29, 1.82) is 0 Å². The number of amidine groups is 1. The Hall–Kier alpha value is -0.950. The number of hydrogen-bond donors (Lipinski definition) is 1. The first-order chi connectivity index (χ1) is 10.8. The fourth-order valence-electron chi connectivity index (χ4n) is 2.96. The summed E-state index contributed by atoms with van der Waals surface area (Å²) in [5.74, 6) is 0. The van der Waals surface area contributed by atoms with E-state index >= 15 is 0 Å². The number of benzene rings is 1. The van der Waals surface area contributed by atoms with Crippen LogP contribution in [0.25, 0.3) is 15.8 Å². The Morgan fingerprint density at radius 2 is 2.32 bits per heavy atom. The lowest BCUT2D eigenvalue weighted by Gasteiger charge is -2.18. The summed E-state index contributed by atoms with van der Waals surface area (Å²) in [6, 6.07) is 6.76. The molecule has 3 nitrogen and oxygen atoms in total. The molecular formula is C16H16N2OS3. The number of thiophene rings is 1. The molecule has 1 aromatic carbocycles. The highest BCUT2D eigenvalue weighted by Crippen LogP contribution is 2.45. The van der Waals surface area contributed by atoms with Gasteiger partial charge in [0.15, 0.2) is 5.17 Å². The number of hydrogen-bond acceptors (Lipinski definition) is 6. The second-order valence-corrected chi connectivity index (χ2v) is 8.01. The van der Waals surface area contributed by atoms with Gasteiger partial charge in [0.2, 0.25) is 0 Å². The Balaban J connectivity index is 1.88. The lowest BCUT2D eigenvalue weighted by molar-refractivity contribution is 0.301. The van der Waals surface area contributed by atoms with E-state index in [1.54, 1.807) is 34.9 Å². The molecule has 0 atom stereocenters. The highest BCUT2D eigenvalue weighted by molar-refractivity contribution is 8.17. The fraction of sp³-hybridized carbons (Fsp3) is 0.312. The van der Waals surface area contributed by atoms with Crippen LogP contribution in [0.4, 0.5) is 0 Å². The van der Waals surface area contributed by atoms with Crippen LogP contribution in [0.2, 0.25) is 0 Å². The van der Waals surface area contributed by atoms with E-state index in [0.29, 0.717) is 6.42 Å². The maximum atomic E-state index is 9.39. The minimum atomic E-state index is 0.184. The molecule has 1 aromatic heterocycles. The fourth-order valence-corrected chi connectivity index (χ4v) is 5.87. The lowest BCUT2D eigenvalue weighted by Crippen LogP contribution is -2.20. The molecule has 0 saturated heterocycles. The molecule has 0 saturated carbocycles. The van der Waals surface area contributed by atoms with Crippen LogP contribution >= 0.6 is 34.9 Å². The van der Waals surface area contributed by atoms with Crippen molar-refractivity contribution >= 4 is 55.8 Å². The van der Waals surface area contributed by atoms with Crippen LogP contribution in [-0.4, -0.2) is 41.1 Å². The second kappa shape index (κ2) is 5.92. The third kappa shape index (κ3) is 2.29. The predicted octanol–water partition coefficient (Wildman–Crippen LogP) is 4.09. The van der Waals surface area contributed by atoms with Gasteiger partial charge < -0.3 is 10.0 Å². The van der Waals surface area contributed by atoms with Gasteiger partial charge in [-0.15, -0.1) is 23.1 Å². The van der Waals surface area contributed by atoms with Crippen LogP contribution in [0.3, 0.4) is 0 Å². The van der Waals surface area contributed by atoms with E-state index in [4.69, 9.17) is 0 Å². The van der Waals surface area contributed by atoms with Crippen molar-refractivity contribution in [3.05, 3.63) is 34.0 Å². The topological polar surface area (TPSA) is 35.8 Å². The minimum Gasteiger partial charge on any atom is -0.396 e. The number of fused-ring (bicyclic) bond motifs is 2. The Bertz CT molecular complexity index is 794. The van der Waals surface area contributed by atoms with Crippen LogP contribution in [0.1, 0.15) is 12.0 Å².